The van der Waals surface area contributed by atoms with Gasteiger partial charge in [0.1, 0.15) is 0 Å². The van der Waals surface area contributed by atoms with Gasteiger partial charge in [0.05, 0.1) is 17.2 Å². The third-order valence-electron chi connectivity index (χ3n) is 8.30. The Kier molecular flexibility index (Phi) is 8.90. The highest BCUT2D eigenvalue weighted by Gasteiger charge is 2.53. The molecule has 1 amide bonds. The molecule has 0 spiro atoms. The number of benzene rings is 2. The maximum absolute atomic E-state index is 14.6. The average molecular weight is 613 g/mol. The van der Waals surface area contributed by atoms with E-state index in [1.807, 2.05) is 54.3 Å². The van der Waals surface area contributed by atoms with E-state index in [1.165, 1.54) is 0 Å². The van der Waals surface area contributed by atoms with E-state index in [0.29, 0.717) is 28.5 Å². The average Bonchev–Trinajstić information content (AvgIpc) is 3.77. The van der Waals surface area contributed by atoms with Crippen LogP contribution in [0.4, 0.5) is 0 Å². The van der Waals surface area contributed by atoms with Gasteiger partial charge in [-0.2, -0.15) is 0 Å². The molecular weight excluding hydrogens is 577 g/mol. The molecule has 2 aromatic carbocycles. The van der Waals surface area contributed by atoms with Gasteiger partial charge in [0.15, 0.2) is 0 Å². The van der Waals surface area contributed by atoms with Crippen LogP contribution in [0, 0.1) is 11.3 Å². The van der Waals surface area contributed by atoms with Gasteiger partial charge in [0, 0.05) is 40.9 Å². The van der Waals surface area contributed by atoms with Crippen molar-refractivity contribution in [3.8, 4) is 0 Å². The summed E-state index contributed by atoms with van der Waals surface area (Å²) in [4.78, 5) is 20.6. The number of pyridine rings is 1. The Morgan fingerprint density at radius 3 is 2.49 bits per heavy atom. The van der Waals surface area contributed by atoms with Crippen LogP contribution in [0.3, 0.4) is 0 Å². The SMILES string of the molecule is C=CC[C@@]1(C)CC(c2cccc(Cl)c2)C(c2ccc(Cl)cc2)N(C(CNS(=O)(=O)Cc2cccnc2)C2CC2)C1=O. The molecule has 1 aromatic heterocycles. The van der Waals surface area contributed by atoms with Crippen LogP contribution in [0.15, 0.2) is 85.7 Å². The molecule has 41 heavy (non-hydrogen) atoms. The van der Waals surface area contributed by atoms with E-state index in [2.05, 4.69) is 22.4 Å². The molecule has 2 fully saturated rings. The van der Waals surface area contributed by atoms with Crippen molar-refractivity contribution in [1.82, 2.24) is 14.6 Å². The van der Waals surface area contributed by atoms with Gasteiger partial charge < -0.3 is 4.90 Å². The van der Waals surface area contributed by atoms with Crippen LogP contribution in [-0.4, -0.2) is 36.8 Å². The second-order valence-electron chi connectivity index (χ2n) is 11.5. The van der Waals surface area contributed by atoms with Gasteiger partial charge >= 0.3 is 0 Å². The predicted octanol–water partition coefficient (Wildman–Crippen LogP) is 6.93. The number of nitrogens with one attached hydrogen (secondary N) is 1. The fourth-order valence-corrected chi connectivity index (χ4v) is 7.65. The fourth-order valence-electron chi connectivity index (χ4n) is 6.19. The Morgan fingerprint density at radius 2 is 1.85 bits per heavy atom. The lowest BCUT2D eigenvalue weighted by atomic mass is 9.67. The van der Waals surface area contributed by atoms with Gasteiger partial charge in [0.2, 0.25) is 15.9 Å². The third kappa shape index (κ3) is 6.86. The molecule has 3 unspecified atom stereocenters. The van der Waals surface area contributed by atoms with Crippen molar-refractivity contribution in [3.63, 3.8) is 0 Å². The van der Waals surface area contributed by atoms with Crippen molar-refractivity contribution in [2.45, 2.75) is 56.4 Å². The Labute approximate surface area is 252 Å². The van der Waals surface area contributed by atoms with Crippen LogP contribution in [0.25, 0.3) is 0 Å². The smallest absolute Gasteiger partial charge is 0.229 e. The first kappa shape index (κ1) is 29.8. The van der Waals surface area contributed by atoms with E-state index < -0.39 is 15.4 Å². The number of rotatable bonds is 11. The molecule has 9 heteroatoms. The Morgan fingerprint density at radius 1 is 1.10 bits per heavy atom. The highest BCUT2D eigenvalue weighted by Crippen LogP contribution is 2.54. The Hall–Kier alpha value is -2.71. The van der Waals surface area contributed by atoms with E-state index in [-0.39, 0.29) is 42.1 Å². The molecule has 2 aliphatic rings. The monoisotopic (exact) mass is 611 g/mol. The summed E-state index contributed by atoms with van der Waals surface area (Å²) in [5, 5.41) is 1.24. The molecule has 0 radical (unpaired) electrons. The third-order valence-corrected chi connectivity index (χ3v) is 10.1. The summed E-state index contributed by atoms with van der Waals surface area (Å²) in [6.07, 6.45) is 7.96. The van der Waals surface area contributed by atoms with Crippen molar-refractivity contribution < 1.29 is 13.2 Å². The van der Waals surface area contributed by atoms with Crippen LogP contribution in [0.1, 0.15) is 61.3 Å². The van der Waals surface area contributed by atoms with Crippen LogP contribution in [0.2, 0.25) is 10.0 Å². The molecule has 216 valence electrons. The van der Waals surface area contributed by atoms with Crippen LogP contribution in [0.5, 0.6) is 0 Å². The van der Waals surface area contributed by atoms with Crippen molar-refractivity contribution >= 4 is 39.1 Å². The normalized spacial score (nSPS) is 23.8. The zero-order valence-corrected chi connectivity index (χ0v) is 25.4. The molecule has 1 aliphatic carbocycles. The number of hydrogen-bond donors (Lipinski definition) is 1. The van der Waals surface area contributed by atoms with E-state index >= 15 is 0 Å². The Bertz CT molecular complexity index is 1500. The summed E-state index contributed by atoms with van der Waals surface area (Å²) >= 11 is 12.7. The van der Waals surface area contributed by atoms with Gasteiger partial charge in [-0.05, 0) is 78.6 Å². The number of halogens is 2. The lowest BCUT2D eigenvalue weighted by Crippen LogP contribution is -2.58. The Balaban J connectivity index is 1.56. The standard InChI is InChI=1S/C32H35Cl2N3O3S/c1-3-15-32(2)18-28(25-7-4-8-27(34)17-25)30(24-11-13-26(33)14-12-24)37(31(32)38)29(23-9-10-23)20-36-41(39,40)21-22-6-5-16-35-19-22/h3-8,11-14,16-17,19,23,28-30,36H,1,9-10,15,18,20-21H2,2H3/t28?,29?,30?,32-/m0/s1. The van der Waals surface area contributed by atoms with Crippen LogP contribution in [-0.2, 0) is 20.6 Å². The lowest BCUT2D eigenvalue weighted by molar-refractivity contribution is -0.155. The van der Waals surface area contributed by atoms with E-state index in [4.69, 9.17) is 23.2 Å². The zero-order chi connectivity index (χ0) is 29.2. The number of aromatic nitrogens is 1. The van der Waals surface area contributed by atoms with Gasteiger partial charge in [-0.1, -0.05) is 66.5 Å². The number of likely N-dealkylation sites (tertiary alicyclic amines) is 1. The summed E-state index contributed by atoms with van der Waals surface area (Å²) in [5.74, 6) is -0.0442. The molecule has 1 saturated carbocycles. The largest absolute Gasteiger partial charge is 0.330 e. The van der Waals surface area contributed by atoms with Crippen molar-refractivity contribution in [1.29, 1.82) is 0 Å². The molecule has 2 heterocycles. The van der Waals surface area contributed by atoms with Gasteiger partial charge in [-0.3, -0.25) is 9.78 Å². The first-order chi connectivity index (χ1) is 19.6. The number of carbonyl (C=O) groups is 1. The second kappa shape index (κ2) is 12.3. The second-order valence-corrected chi connectivity index (χ2v) is 14.2. The minimum Gasteiger partial charge on any atom is -0.330 e. The number of carbonyl (C=O) groups excluding carboxylic acids is 1. The molecule has 1 saturated heterocycles. The predicted molar refractivity (Wildman–Crippen MR) is 164 cm³/mol. The first-order valence-corrected chi connectivity index (χ1v) is 16.3. The van der Waals surface area contributed by atoms with Gasteiger partial charge in [0.25, 0.3) is 0 Å². The zero-order valence-electron chi connectivity index (χ0n) is 23.0. The number of hydrogen-bond acceptors (Lipinski definition) is 4. The van der Waals surface area contributed by atoms with E-state index in [9.17, 15) is 13.2 Å². The van der Waals surface area contributed by atoms with E-state index in [0.717, 1.165) is 24.0 Å². The first-order valence-electron chi connectivity index (χ1n) is 13.9. The highest BCUT2D eigenvalue weighted by molar-refractivity contribution is 7.88. The highest BCUT2D eigenvalue weighted by atomic mass is 35.5. The molecule has 3 aromatic rings. The maximum Gasteiger partial charge on any atom is 0.229 e. The van der Waals surface area contributed by atoms with Crippen molar-refractivity contribution in [2.75, 3.05) is 6.54 Å². The summed E-state index contributed by atoms with van der Waals surface area (Å²) in [6, 6.07) is 18.3. The van der Waals surface area contributed by atoms with Crippen molar-refractivity contribution in [3.05, 3.63) is 112 Å². The lowest BCUT2D eigenvalue weighted by Gasteiger charge is -2.52. The molecular formula is C32H35Cl2N3O3S. The molecule has 1 N–H and O–H groups in total. The van der Waals surface area contributed by atoms with E-state index in [1.54, 1.807) is 30.6 Å². The summed E-state index contributed by atoms with van der Waals surface area (Å²) in [7, 11) is -3.67. The molecule has 5 rings (SSSR count). The van der Waals surface area contributed by atoms with Crippen LogP contribution < -0.4 is 4.72 Å². The molecule has 4 atom stereocenters. The minimum atomic E-state index is -3.67. The van der Waals surface area contributed by atoms with Crippen LogP contribution >= 0.6 is 23.2 Å². The molecule has 1 aliphatic heterocycles. The topological polar surface area (TPSA) is 79.4 Å². The number of allylic oxidation sites excluding steroid dienone is 1. The van der Waals surface area contributed by atoms with Crippen molar-refractivity contribution in [2.24, 2.45) is 11.3 Å². The summed E-state index contributed by atoms with van der Waals surface area (Å²) in [6.45, 7) is 6.09. The number of sulfonamides is 1. The molecule has 0 bridgehead atoms. The number of amides is 1. The minimum absolute atomic E-state index is 0.0129. The quantitative estimate of drug-likeness (QED) is 0.238. The number of nitrogens with zero attached hydrogens (tertiary/aromatic N) is 2. The molecule has 6 nitrogen and oxygen atoms in total. The number of piperidine rings is 1. The summed E-state index contributed by atoms with van der Waals surface area (Å²) in [5.41, 5.74) is 1.89. The summed E-state index contributed by atoms with van der Waals surface area (Å²) < 4.78 is 29.2. The van der Waals surface area contributed by atoms with Gasteiger partial charge in [-0.15, -0.1) is 6.58 Å². The maximum atomic E-state index is 14.6. The van der Waals surface area contributed by atoms with Gasteiger partial charge in [-0.25, -0.2) is 13.1 Å². The fraction of sp³-hybridized carbons (Fsp3) is 0.375.